The number of pyridine rings is 1. The summed E-state index contributed by atoms with van der Waals surface area (Å²) in [6.07, 6.45) is 4.52. The smallest absolute Gasteiger partial charge is 0.407 e. The number of nitrogens with zero attached hydrogens (tertiary/aromatic N) is 2. The van der Waals surface area contributed by atoms with Gasteiger partial charge in [0.1, 0.15) is 29.3 Å². The fourth-order valence-electron chi connectivity index (χ4n) is 5.82. The van der Waals surface area contributed by atoms with Gasteiger partial charge in [-0.25, -0.2) is 30.8 Å². The molecule has 0 aliphatic carbocycles. The van der Waals surface area contributed by atoms with E-state index in [0.29, 0.717) is 32.0 Å². The molecule has 1 aliphatic rings. The van der Waals surface area contributed by atoms with Gasteiger partial charge in [-0.2, -0.15) is 4.31 Å². The number of aromatic nitrogens is 1. The van der Waals surface area contributed by atoms with E-state index in [4.69, 9.17) is 4.74 Å². The molecule has 4 rings (SSSR count). The van der Waals surface area contributed by atoms with Crippen molar-refractivity contribution in [2.24, 2.45) is 0 Å². The number of carbonyl (C=O) groups excluding carboxylic acids is 2. The van der Waals surface area contributed by atoms with Gasteiger partial charge in [-0.3, -0.25) is 9.78 Å². The SMILES string of the molecule is C=CC1CNCC(CCCc2c(F)cncc2NC(=O)C(NC(=O)OC)C(c2ccc(F)cc2)c2cc(F)cc(F)c2)N1S(C)(=O)=O. The summed E-state index contributed by atoms with van der Waals surface area (Å²) in [6, 6.07) is 4.88. The number of hydrogen-bond acceptors (Lipinski definition) is 7. The zero-order valence-corrected chi connectivity index (χ0v) is 26.5. The van der Waals surface area contributed by atoms with Crippen molar-refractivity contribution in [2.45, 2.75) is 43.3 Å². The zero-order valence-electron chi connectivity index (χ0n) is 25.7. The molecule has 3 aromatic rings. The van der Waals surface area contributed by atoms with Crippen LogP contribution in [-0.4, -0.2) is 74.3 Å². The maximum atomic E-state index is 15.2. The molecule has 0 spiro atoms. The maximum Gasteiger partial charge on any atom is 0.407 e. The molecule has 1 aromatic heterocycles. The van der Waals surface area contributed by atoms with Crippen molar-refractivity contribution in [1.82, 2.24) is 19.9 Å². The second-order valence-electron chi connectivity index (χ2n) is 11.1. The molecule has 2 amide bonds. The summed E-state index contributed by atoms with van der Waals surface area (Å²) in [5.41, 5.74) is 0.188. The number of methoxy groups -OCH3 is 1. The number of halogens is 4. The highest BCUT2D eigenvalue weighted by atomic mass is 32.2. The average molecular weight is 678 g/mol. The molecule has 252 valence electrons. The van der Waals surface area contributed by atoms with Crippen LogP contribution < -0.4 is 16.0 Å². The molecule has 1 saturated heterocycles. The Morgan fingerprint density at radius 2 is 1.74 bits per heavy atom. The molecule has 0 bridgehead atoms. The lowest BCUT2D eigenvalue weighted by atomic mass is 9.84. The largest absolute Gasteiger partial charge is 0.453 e. The Balaban J connectivity index is 1.64. The Labute approximate surface area is 270 Å². The van der Waals surface area contributed by atoms with E-state index >= 15 is 4.39 Å². The molecule has 1 aliphatic heterocycles. The third kappa shape index (κ3) is 8.93. The van der Waals surface area contributed by atoms with E-state index in [0.717, 1.165) is 43.8 Å². The molecular weight excluding hydrogens is 642 g/mol. The van der Waals surface area contributed by atoms with Gasteiger partial charge in [-0.1, -0.05) is 18.2 Å². The fraction of sp³-hybridized carbons (Fsp3) is 0.344. The van der Waals surface area contributed by atoms with E-state index in [2.05, 4.69) is 27.5 Å². The second kappa shape index (κ2) is 15.5. The van der Waals surface area contributed by atoms with Crippen LogP contribution >= 0.6 is 0 Å². The number of rotatable bonds is 12. The number of nitrogens with one attached hydrogen (secondary N) is 3. The van der Waals surface area contributed by atoms with Gasteiger partial charge in [-0.05, 0) is 54.7 Å². The van der Waals surface area contributed by atoms with E-state index in [1.165, 1.54) is 22.6 Å². The summed E-state index contributed by atoms with van der Waals surface area (Å²) < 4.78 is 88.9. The van der Waals surface area contributed by atoms with Gasteiger partial charge in [0.05, 0.1) is 37.5 Å². The molecular formula is C32H35F4N5O5S. The van der Waals surface area contributed by atoms with E-state index in [1.54, 1.807) is 6.08 Å². The highest BCUT2D eigenvalue weighted by molar-refractivity contribution is 7.88. The molecule has 0 saturated carbocycles. The molecule has 2 heterocycles. The topological polar surface area (TPSA) is 130 Å². The van der Waals surface area contributed by atoms with Crippen LogP contribution in [0.15, 0.2) is 67.5 Å². The summed E-state index contributed by atoms with van der Waals surface area (Å²) in [4.78, 5) is 30.2. The van der Waals surface area contributed by atoms with Crippen LogP contribution in [0.3, 0.4) is 0 Å². The van der Waals surface area contributed by atoms with Crippen molar-refractivity contribution in [2.75, 3.05) is 31.8 Å². The molecule has 0 radical (unpaired) electrons. The number of amides is 2. The standard InChI is InChI=1S/C32H35F4N5O5S/c1-4-24-15-37-16-25(41(24)47(3,44)45)6-5-7-26-27(36)17-38-18-28(26)39-31(42)30(40-32(43)46-2)29(19-8-10-21(33)11-9-19)20-12-22(34)14-23(35)13-20/h4,8-14,17-18,24-25,29-30,37H,1,5-7,15-16H2,2-3H3,(H,39,42)(H,40,43). The first-order valence-corrected chi connectivity index (χ1v) is 16.5. The summed E-state index contributed by atoms with van der Waals surface area (Å²) >= 11 is 0. The zero-order chi connectivity index (χ0) is 34.3. The number of alkyl carbamates (subject to hydrolysis) is 1. The lowest BCUT2D eigenvalue weighted by molar-refractivity contribution is -0.118. The third-order valence-electron chi connectivity index (χ3n) is 7.85. The van der Waals surface area contributed by atoms with Crippen molar-refractivity contribution >= 4 is 27.7 Å². The monoisotopic (exact) mass is 677 g/mol. The minimum atomic E-state index is -3.58. The van der Waals surface area contributed by atoms with Gasteiger partial charge in [0.2, 0.25) is 15.9 Å². The van der Waals surface area contributed by atoms with Gasteiger partial charge < -0.3 is 20.7 Å². The average Bonchev–Trinajstić information content (AvgIpc) is 3.01. The Morgan fingerprint density at radius 1 is 1.06 bits per heavy atom. The molecule has 15 heteroatoms. The predicted octanol–water partition coefficient (Wildman–Crippen LogP) is 4.24. The van der Waals surface area contributed by atoms with Crippen LogP contribution in [0.2, 0.25) is 0 Å². The molecule has 10 nitrogen and oxygen atoms in total. The number of sulfonamides is 1. The van der Waals surface area contributed by atoms with Gasteiger partial charge in [0.25, 0.3) is 0 Å². The number of anilines is 1. The fourth-order valence-corrected chi connectivity index (χ4v) is 7.19. The molecule has 4 atom stereocenters. The predicted molar refractivity (Wildman–Crippen MR) is 167 cm³/mol. The van der Waals surface area contributed by atoms with Crippen molar-refractivity contribution < 1.29 is 40.3 Å². The third-order valence-corrected chi connectivity index (χ3v) is 9.18. The van der Waals surface area contributed by atoms with Gasteiger partial charge in [0, 0.05) is 36.7 Å². The van der Waals surface area contributed by atoms with Crippen molar-refractivity contribution in [3.63, 3.8) is 0 Å². The number of ether oxygens (including phenoxy) is 1. The van der Waals surface area contributed by atoms with Crippen molar-refractivity contribution in [1.29, 1.82) is 0 Å². The summed E-state index contributed by atoms with van der Waals surface area (Å²) in [5, 5.41) is 8.14. The normalized spacial score (nSPS) is 18.2. The first kappa shape index (κ1) is 35.5. The summed E-state index contributed by atoms with van der Waals surface area (Å²) in [7, 11) is -2.53. The summed E-state index contributed by atoms with van der Waals surface area (Å²) in [5.74, 6) is -5.45. The second-order valence-corrected chi connectivity index (χ2v) is 13.0. The van der Waals surface area contributed by atoms with Gasteiger partial charge in [-0.15, -0.1) is 6.58 Å². The van der Waals surface area contributed by atoms with Crippen LogP contribution in [0.4, 0.5) is 28.0 Å². The lowest BCUT2D eigenvalue weighted by Crippen LogP contribution is -2.58. The number of piperazine rings is 1. The van der Waals surface area contributed by atoms with E-state index < -0.39 is 69.3 Å². The quantitative estimate of drug-likeness (QED) is 0.193. The number of benzene rings is 2. The van der Waals surface area contributed by atoms with E-state index in [1.807, 2.05) is 0 Å². The highest BCUT2D eigenvalue weighted by Crippen LogP contribution is 2.32. The number of hydrogen-bond donors (Lipinski definition) is 3. The van der Waals surface area contributed by atoms with Crippen LogP contribution in [0, 0.1) is 23.3 Å². The molecule has 1 fully saturated rings. The van der Waals surface area contributed by atoms with Crippen LogP contribution in [-0.2, 0) is 26.0 Å². The first-order chi connectivity index (χ1) is 22.3. The highest BCUT2D eigenvalue weighted by Gasteiger charge is 2.36. The Bertz CT molecular complexity index is 1690. The Hall–Kier alpha value is -4.34. The van der Waals surface area contributed by atoms with Crippen LogP contribution in [0.25, 0.3) is 0 Å². The van der Waals surface area contributed by atoms with Crippen molar-refractivity contribution in [3.05, 3.63) is 107 Å². The molecule has 4 unspecified atom stereocenters. The number of carbonyl (C=O) groups is 2. The summed E-state index contributed by atoms with van der Waals surface area (Å²) in [6.45, 7) is 4.52. The maximum absolute atomic E-state index is 15.2. The first-order valence-electron chi connectivity index (χ1n) is 14.6. The van der Waals surface area contributed by atoms with Crippen molar-refractivity contribution in [3.8, 4) is 0 Å². The lowest BCUT2D eigenvalue weighted by Gasteiger charge is -2.39. The van der Waals surface area contributed by atoms with Crippen LogP contribution in [0.5, 0.6) is 0 Å². The van der Waals surface area contributed by atoms with Gasteiger partial charge >= 0.3 is 6.09 Å². The molecule has 3 N–H and O–H groups in total. The molecule has 47 heavy (non-hydrogen) atoms. The minimum Gasteiger partial charge on any atom is -0.453 e. The Kier molecular flexibility index (Phi) is 11.7. The molecule has 2 aromatic carbocycles. The van der Waals surface area contributed by atoms with E-state index in [-0.39, 0.29) is 28.8 Å². The van der Waals surface area contributed by atoms with Gasteiger partial charge in [0.15, 0.2) is 0 Å². The minimum absolute atomic E-state index is 0.0411. The Morgan fingerprint density at radius 3 is 2.36 bits per heavy atom. The van der Waals surface area contributed by atoms with E-state index in [9.17, 15) is 31.2 Å². The van der Waals surface area contributed by atoms with Crippen LogP contribution in [0.1, 0.15) is 35.4 Å².